The van der Waals surface area contributed by atoms with Crippen molar-refractivity contribution in [2.75, 3.05) is 26.7 Å². The Kier molecular flexibility index (Phi) is 7.69. The predicted molar refractivity (Wildman–Crippen MR) is 95.3 cm³/mol. The van der Waals surface area contributed by atoms with Gasteiger partial charge >= 0.3 is 0 Å². The highest BCUT2D eigenvalue weighted by atomic mass is 16.1. The minimum atomic E-state index is -0.188. The highest BCUT2D eigenvalue weighted by Gasteiger charge is 2.23. The molecule has 5 heteroatoms. The fourth-order valence-electron chi connectivity index (χ4n) is 4.10. The first-order valence-electron chi connectivity index (χ1n) is 9.43. The van der Waals surface area contributed by atoms with Crippen molar-refractivity contribution in [1.29, 1.82) is 0 Å². The number of carbonyl (C=O) groups is 1. The molecule has 1 atom stereocenters. The summed E-state index contributed by atoms with van der Waals surface area (Å²) < 4.78 is 0. The highest BCUT2D eigenvalue weighted by Crippen LogP contribution is 2.28. The number of hydrogen-bond acceptors (Lipinski definition) is 2. The molecule has 0 aromatic heterocycles. The van der Waals surface area contributed by atoms with Crippen LogP contribution < -0.4 is 11.1 Å². The van der Waals surface area contributed by atoms with Gasteiger partial charge in [-0.15, -0.1) is 0 Å². The average molecular weight is 322 g/mol. The number of aliphatic imine (C=N–C) groups is 1. The fraction of sp³-hybridized carbons (Fsp3) is 0.889. The van der Waals surface area contributed by atoms with Crippen molar-refractivity contribution in [3.8, 4) is 0 Å². The summed E-state index contributed by atoms with van der Waals surface area (Å²) in [6, 6.07) is 0. The van der Waals surface area contributed by atoms with E-state index in [-0.39, 0.29) is 5.91 Å². The summed E-state index contributed by atoms with van der Waals surface area (Å²) in [5, 5.41) is 3.50. The molecular formula is C18H34N4O. The van der Waals surface area contributed by atoms with E-state index in [9.17, 15) is 4.79 Å². The van der Waals surface area contributed by atoms with Crippen molar-refractivity contribution in [2.24, 2.45) is 22.6 Å². The Morgan fingerprint density at radius 1 is 1.17 bits per heavy atom. The van der Waals surface area contributed by atoms with E-state index in [0.717, 1.165) is 44.4 Å². The second-order valence-electron chi connectivity index (χ2n) is 7.24. The number of piperidine rings is 1. The van der Waals surface area contributed by atoms with Crippen LogP contribution in [0.4, 0.5) is 0 Å². The van der Waals surface area contributed by atoms with E-state index in [2.05, 4.69) is 15.2 Å². The summed E-state index contributed by atoms with van der Waals surface area (Å²) in [5.41, 5.74) is 5.34. The van der Waals surface area contributed by atoms with Crippen LogP contribution >= 0.6 is 0 Å². The van der Waals surface area contributed by atoms with Gasteiger partial charge in [-0.25, -0.2) is 0 Å². The Hall–Kier alpha value is -1.26. The molecule has 1 saturated heterocycles. The number of likely N-dealkylation sites (tertiary alicyclic amines) is 1. The number of guanidine groups is 1. The van der Waals surface area contributed by atoms with E-state index in [1.807, 2.05) is 7.05 Å². The maximum Gasteiger partial charge on any atom is 0.217 e. The maximum atomic E-state index is 11.1. The number of nitrogens with two attached hydrogens (primary N) is 1. The van der Waals surface area contributed by atoms with Gasteiger partial charge in [0.25, 0.3) is 0 Å². The van der Waals surface area contributed by atoms with E-state index in [1.54, 1.807) is 0 Å². The molecule has 1 aliphatic carbocycles. The standard InChI is InChI=1S/C18H34N4O/c1-20-18(21-11-5-4-9-15-7-2-3-8-15)22-12-6-10-16(14-22)13-17(19)23/h15-16H,2-14H2,1H3,(H2,19,23)(H,20,21). The van der Waals surface area contributed by atoms with Gasteiger partial charge in [0.05, 0.1) is 0 Å². The molecule has 5 nitrogen and oxygen atoms in total. The largest absolute Gasteiger partial charge is 0.370 e. The monoisotopic (exact) mass is 322 g/mol. The molecule has 2 aliphatic rings. The van der Waals surface area contributed by atoms with Crippen molar-refractivity contribution < 1.29 is 4.79 Å². The van der Waals surface area contributed by atoms with Gasteiger partial charge < -0.3 is 16.0 Å². The van der Waals surface area contributed by atoms with Gasteiger partial charge in [0.1, 0.15) is 0 Å². The minimum absolute atomic E-state index is 0.188. The molecular weight excluding hydrogens is 288 g/mol. The van der Waals surface area contributed by atoms with Gasteiger partial charge in [-0.2, -0.15) is 0 Å². The molecule has 23 heavy (non-hydrogen) atoms. The van der Waals surface area contributed by atoms with Crippen molar-refractivity contribution in [2.45, 2.75) is 64.2 Å². The zero-order valence-electron chi connectivity index (χ0n) is 14.7. The van der Waals surface area contributed by atoms with E-state index in [1.165, 1.54) is 44.9 Å². The summed E-state index contributed by atoms with van der Waals surface area (Å²) in [6.45, 7) is 2.91. The first-order chi connectivity index (χ1) is 11.2. The summed E-state index contributed by atoms with van der Waals surface area (Å²) in [5.74, 6) is 2.17. The lowest BCUT2D eigenvalue weighted by Crippen LogP contribution is -2.47. The SMILES string of the molecule is CN=C(NCCCCC1CCCC1)N1CCCC(CC(N)=O)C1. The molecule has 2 fully saturated rings. The van der Waals surface area contributed by atoms with Crippen LogP contribution in [0.5, 0.6) is 0 Å². The maximum absolute atomic E-state index is 11.1. The third-order valence-corrected chi connectivity index (χ3v) is 5.32. The lowest BCUT2D eigenvalue weighted by atomic mass is 9.95. The molecule has 1 unspecified atom stereocenters. The van der Waals surface area contributed by atoms with Gasteiger partial charge in [0.2, 0.25) is 5.91 Å². The van der Waals surface area contributed by atoms with E-state index < -0.39 is 0 Å². The lowest BCUT2D eigenvalue weighted by Gasteiger charge is -2.34. The first-order valence-corrected chi connectivity index (χ1v) is 9.43. The van der Waals surface area contributed by atoms with Crippen LogP contribution in [0.25, 0.3) is 0 Å². The van der Waals surface area contributed by atoms with Crippen LogP contribution in [0, 0.1) is 11.8 Å². The van der Waals surface area contributed by atoms with Gasteiger partial charge in [-0.3, -0.25) is 9.79 Å². The zero-order valence-corrected chi connectivity index (χ0v) is 14.7. The smallest absolute Gasteiger partial charge is 0.217 e. The summed E-state index contributed by atoms with van der Waals surface area (Å²) in [7, 11) is 1.85. The summed E-state index contributed by atoms with van der Waals surface area (Å²) in [4.78, 5) is 17.8. The van der Waals surface area contributed by atoms with Crippen LogP contribution in [0.3, 0.4) is 0 Å². The Morgan fingerprint density at radius 2 is 1.91 bits per heavy atom. The molecule has 1 aliphatic heterocycles. The Morgan fingerprint density at radius 3 is 2.61 bits per heavy atom. The van der Waals surface area contributed by atoms with Crippen molar-refractivity contribution in [1.82, 2.24) is 10.2 Å². The molecule has 1 heterocycles. The average Bonchev–Trinajstić information content (AvgIpc) is 3.04. The highest BCUT2D eigenvalue weighted by molar-refractivity contribution is 5.80. The predicted octanol–water partition coefficient (Wildman–Crippen LogP) is 2.51. The number of nitrogens with zero attached hydrogens (tertiary/aromatic N) is 2. The molecule has 3 N–H and O–H groups in total. The third kappa shape index (κ3) is 6.40. The number of unbranched alkanes of at least 4 members (excludes halogenated alkanes) is 1. The Bertz CT molecular complexity index is 390. The number of amides is 1. The van der Waals surface area contributed by atoms with Crippen LogP contribution in [-0.2, 0) is 4.79 Å². The third-order valence-electron chi connectivity index (χ3n) is 5.32. The van der Waals surface area contributed by atoms with Crippen LogP contribution in [0.2, 0.25) is 0 Å². The quantitative estimate of drug-likeness (QED) is 0.430. The van der Waals surface area contributed by atoms with Crippen molar-refractivity contribution in [3.63, 3.8) is 0 Å². The van der Waals surface area contributed by atoms with Gasteiger partial charge in [-0.05, 0) is 31.1 Å². The summed E-state index contributed by atoms with van der Waals surface area (Å²) in [6.07, 6.45) is 12.4. The second kappa shape index (κ2) is 9.78. The zero-order chi connectivity index (χ0) is 16.5. The lowest BCUT2D eigenvalue weighted by molar-refractivity contribution is -0.119. The molecule has 1 amide bonds. The first kappa shape index (κ1) is 18.1. The summed E-state index contributed by atoms with van der Waals surface area (Å²) >= 11 is 0. The number of nitrogens with one attached hydrogen (secondary N) is 1. The van der Waals surface area contributed by atoms with Crippen LogP contribution in [-0.4, -0.2) is 43.4 Å². The van der Waals surface area contributed by atoms with Crippen LogP contribution in [0.15, 0.2) is 4.99 Å². The van der Waals surface area contributed by atoms with Gasteiger partial charge in [0, 0.05) is 33.1 Å². The molecule has 1 saturated carbocycles. The Balaban J connectivity index is 1.64. The molecule has 132 valence electrons. The van der Waals surface area contributed by atoms with Crippen molar-refractivity contribution >= 4 is 11.9 Å². The molecule has 0 aromatic rings. The minimum Gasteiger partial charge on any atom is -0.370 e. The normalized spacial score (nSPS) is 23.3. The van der Waals surface area contributed by atoms with Crippen LogP contribution in [0.1, 0.15) is 64.2 Å². The van der Waals surface area contributed by atoms with Gasteiger partial charge in [-0.1, -0.05) is 38.5 Å². The topological polar surface area (TPSA) is 70.7 Å². The van der Waals surface area contributed by atoms with Gasteiger partial charge in [0.15, 0.2) is 5.96 Å². The number of carbonyl (C=O) groups excluding carboxylic acids is 1. The molecule has 0 aromatic carbocycles. The number of primary amides is 1. The fourth-order valence-corrected chi connectivity index (χ4v) is 4.10. The van der Waals surface area contributed by atoms with Crippen molar-refractivity contribution in [3.05, 3.63) is 0 Å². The van der Waals surface area contributed by atoms with E-state index in [0.29, 0.717) is 12.3 Å². The Labute approximate surface area is 141 Å². The number of hydrogen-bond donors (Lipinski definition) is 2. The number of rotatable bonds is 7. The van der Waals surface area contributed by atoms with E-state index in [4.69, 9.17) is 5.73 Å². The second-order valence-corrected chi connectivity index (χ2v) is 7.24. The molecule has 0 spiro atoms. The molecule has 2 rings (SSSR count). The van der Waals surface area contributed by atoms with E-state index >= 15 is 0 Å². The molecule has 0 bridgehead atoms. The molecule has 0 radical (unpaired) electrons.